The average molecular weight is 392 g/mol. The number of rotatable bonds is 3. The van der Waals surface area contributed by atoms with Gasteiger partial charge in [0.25, 0.3) is 10.0 Å². The van der Waals surface area contributed by atoms with E-state index in [2.05, 4.69) is 16.3 Å². The summed E-state index contributed by atoms with van der Waals surface area (Å²) < 4.78 is 27.5. The van der Waals surface area contributed by atoms with Crippen LogP contribution < -0.4 is 10.2 Å². The van der Waals surface area contributed by atoms with Gasteiger partial charge in [0, 0.05) is 43.4 Å². The quantitative estimate of drug-likeness (QED) is 0.745. The molecule has 1 N–H and O–H groups in total. The molecule has 1 saturated heterocycles. The summed E-state index contributed by atoms with van der Waals surface area (Å²) >= 11 is 0. The first kappa shape index (κ1) is 18.8. The van der Waals surface area contributed by atoms with E-state index in [1.54, 1.807) is 18.3 Å². The van der Waals surface area contributed by atoms with Gasteiger partial charge in [-0.15, -0.1) is 12.4 Å². The number of nitrogens with zero attached hydrogens (tertiary/aromatic N) is 2. The maximum absolute atomic E-state index is 13.0. The third-order valence-corrected chi connectivity index (χ3v) is 6.41. The molecule has 0 radical (unpaired) electrons. The second kappa shape index (κ2) is 7.31. The molecule has 1 aliphatic rings. The molecule has 0 atom stereocenters. The van der Waals surface area contributed by atoms with Gasteiger partial charge >= 0.3 is 0 Å². The molecule has 3 aromatic rings. The Bertz CT molecular complexity index is 1010. The van der Waals surface area contributed by atoms with Gasteiger partial charge in [-0.3, -0.25) is 0 Å². The largest absolute Gasteiger partial charge is 0.368 e. The Kier molecular flexibility index (Phi) is 5.27. The van der Waals surface area contributed by atoms with Crippen LogP contribution in [0.2, 0.25) is 0 Å². The zero-order valence-corrected chi connectivity index (χ0v) is 16.2. The molecule has 2 heterocycles. The van der Waals surface area contributed by atoms with E-state index >= 15 is 0 Å². The predicted octanol–water partition coefficient (Wildman–Crippen LogP) is 3.02. The van der Waals surface area contributed by atoms with Crippen molar-refractivity contribution in [2.24, 2.45) is 0 Å². The topological polar surface area (TPSA) is 54.3 Å². The van der Waals surface area contributed by atoms with E-state index in [4.69, 9.17) is 0 Å². The highest BCUT2D eigenvalue weighted by Gasteiger charge is 2.21. The van der Waals surface area contributed by atoms with Crippen molar-refractivity contribution < 1.29 is 8.42 Å². The third kappa shape index (κ3) is 3.20. The lowest BCUT2D eigenvalue weighted by molar-refractivity contribution is 0.588. The highest BCUT2D eigenvalue weighted by atomic mass is 35.5. The summed E-state index contributed by atoms with van der Waals surface area (Å²) in [5.41, 5.74) is 2.85. The normalized spacial score (nSPS) is 15.0. The van der Waals surface area contributed by atoms with Crippen molar-refractivity contribution in [1.82, 2.24) is 9.29 Å². The van der Waals surface area contributed by atoms with Crippen molar-refractivity contribution in [2.45, 2.75) is 11.8 Å². The molecule has 1 aromatic heterocycles. The second-order valence-electron chi connectivity index (χ2n) is 6.38. The SMILES string of the molecule is Cc1ccc(S(=O)(=O)n2ccc3c(N4CCNCC4)cccc32)cc1.Cl. The highest BCUT2D eigenvalue weighted by molar-refractivity contribution is 7.90. The molecule has 7 heteroatoms. The summed E-state index contributed by atoms with van der Waals surface area (Å²) in [5, 5.41) is 4.32. The van der Waals surface area contributed by atoms with Crippen LogP contribution in [-0.4, -0.2) is 38.6 Å². The van der Waals surface area contributed by atoms with Crippen LogP contribution in [0, 0.1) is 6.92 Å². The van der Waals surface area contributed by atoms with Crippen molar-refractivity contribution in [3.63, 3.8) is 0 Å². The molecule has 0 unspecified atom stereocenters. The molecule has 2 aromatic carbocycles. The van der Waals surface area contributed by atoms with Crippen LogP contribution in [0.15, 0.2) is 59.6 Å². The van der Waals surface area contributed by atoms with Gasteiger partial charge in [0.1, 0.15) is 0 Å². The Morgan fingerprint density at radius 2 is 1.65 bits per heavy atom. The van der Waals surface area contributed by atoms with Gasteiger partial charge in [0.2, 0.25) is 0 Å². The molecular weight excluding hydrogens is 370 g/mol. The molecule has 138 valence electrons. The molecule has 26 heavy (non-hydrogen) atoms. The third-order valence-electron chi connectivity index (χ3n) is 4.71. The molecule has 5 nitrogen and oxygen atoms in total. The number of hydrogen-bond donors (Lipinski definition) is 1. The van der Waals surface area contributed by atoms with Crippen molar-refractivity contribution in [2.75, 3.05) is 31.1 Å². The smallest absolute Gasteiger partial charge is 0.268 e. The Labute approximate surface area is 160 Å². The molecule has 1 fully saturated rings. The number of aromatic nitrogens is 1. The van der Waals surface area contributed by atoms with Crippen LogP contribution in [0.25, 0.3) is 10.9 Å². The fraction of sp³-hybridized carbons (Fsp3) is 0.263. The molecule has 1 aliphatic heterocycles. The Morgan fingerprint density at radius 1 is 0.962 bits per heavy atom. The number of aryl methyl sites for hydroxylation is 1. The first-order valence-corrected chi connectivity index (χ1v) is 9.89. The van der Waals surface area contributed by atoms with Gasteiger partial charge in [0.05, 0.1) is 10.4 Å². The van der Waals surface area contributed by atoms with Crippen LogP contribution >= 0.6 is 12.4 Å². The van der Waals surface area contributed by atoms with Crippen molar-refractivity contribution >= 4 is 39.0 Å². The summed E-state index contributed by atoms with van der Waals surface area (Å²) in [6.45, 7) is 5.68. The standard InChI is InChI=1S/C19H21N3O2S.ClH/c1-15-5-7-16(8-6-15)25(23,24)22-12-9-17-18(3-2-4-19(17)22)21-13-10-20-11-14-21;/h2-9,12,20H,10-11,13-14H2,1H3;1H. The van der Waals surface area contributed by atoms with E-state index in [0.717, 1.165) is 48.3 Å². The summed E-state index contributed by atoms with van der Waals surface area (Å²) in [5.74, 6) is 0. The van der Waals surface area contributed by atoms with Gasteiger partial charge in [-0.05, 0) is 37.3 Å². The number of fused-ring (bicyclic) bond motifs is 1. The molecule has 0 saturated carbocycles. The minimum atomic E-state index is -3.60. The zero-order valence-electron chi connectivity index (χ0n) is 14.6. The van der Waals surface area contributed by atoms with Crippen molar-refractivity contribution in [3.8, 4) is 0 Å². The molecule has 0 spiro atoms. The summed E-state index contributed by atoms with van der Waals surface area (Å²) in [4.78, 5) is 2.62. The van der Waals surface area contributed by atoms with E-state index in [1.807, 2.05) is 37.3 Å². The van der Waals surface area contributed by atoms with Crippen LogP contribution in [0.4, 0.5) is 5.69 Å². The Hall–Kier alpha value is -2.02. The van der Waals surface area contributed by atoms with Crippen molar-refractivity contribution in [1.29, 1.82) is 0 Å². The van der Waals surface area contributed by atoms with Crippen LogP contribution in [-0.2, 0) is 10.0 Å². The molecule has 0 aliphatic carbocycles. The van der Waals surface area contributed by atoms with E-state index in [9.17, 15) is 8.42 Å². The van der Waals surface area contributed by atoms with Gasteiger partial charge in [-0.25, -0.2) is 12.4 Å². The monoisotopic (exact) mass is 391 g/mol. The van der Waals surface area contributed by atoms with E-state index < -0.39 is 10.0 Å². The Morgan fingerprint density at radius 3 is 2.35 bits per heavy atom. The number of halogens is 1. The molecule has 0 amide bonds. The summed E-state index contributed by atoms with van der Waals surface area (Å²) in [6.07, 6.45) is 1.66. The number of benzene rings is 2. The first-order chi connectivity index (χ1) is 12.1. The van der Waals surface area contributed by atoms with Gasteiger partial charge in [-0.2, -0.15) is 0 Å². The number of hydrogen-bond acceptors (Lipinski definition) is 4. The average Bonchev–Trinajstić information content (AvgIpc) is 3.08. The maximum Gasteiger partial charge on any atom is 0.268 e. The fourth-order valence-corrected chi connectivity index (χ4v) is 4.69. The molecule has 4 rings (SSSR count). The minimum Gasteiger partial charge on any atom is -0.368 e. The summed E-state index contributed by atoms with van der Waals surface area (Å²) in [6, 6.07) is 14.7. The second-order valence-corrected chi connectivity index (χ2v) is 8.19. The first-order valence-electron chi connectivity index (χ1n) is 8.45. The lowest BCUT2D eigenvalue weighted by atomic mass is 10.2. The lowest BCUT2D eigenvalue weighted by Crippen LogP contribution is -2.43. The summed E-state index contributed by atoms with van der Waals surface area (Å²) in [7, 11) is -3.60. The number of anilines is 1. The van der Waals surface area contributed by atoms with E-state index in [1.165, 1.54) is 3.97 Å². The van der Waals surface area contributed by atoms with Gasteiger partial charge in [-0.1, -0.05) is 23.8 Å². The zero-order chi connectivity index (χ0) is 17.4. The van der Waals surface area contributed by atoms with E-state index in [-0.39, 0.29) is 12.4 Å². The van der Waals surface area contributed by atoms with Crippen LogP contribution in [0.1, 0.15) is 5.56 Å². The number of nitrogens with one attached hydrogen (secondary N) is 1. The Balaban J connectivity index is 0.00000196. The fourth-order valence-electron chi connectivity index (χ4n) is 3.34. The van der Waals surface area contributed by atoms with Crippen LogP contribution in [0.3, 0.4) is 0 Å². The van der Waals surface area contributed by atoms with Gasteiger partial charge < -0.3 is 10.2 Å². The predicted molar refractivity (Wildman–Crippen MR) is 108 cm³/mol. The van der Waals surface area contributed by atoms with E-state index in [0.29, 0.717) is 4.90 Å². The highest BCUT2D eigenvalue weighted by Crippen LogP contribution is 2.30. The van der Waals surface area contributed by atoms with Crippen LogP contribution in [0.5, 0.6) is 0 Å². The minimum absolute atomic E-state index is 0. The maximum atomic E-state index is 13.0. The number of piperazine rings is 1. The molecule has 0 bridgehead atoms. The van der Waals surface area contributed by atoms with Gasteiger partial charge in [0.15, 0.2) is 0 Å². The lowest BCUT2D eigenvalue weighted by Gasteiger charge is -2.30. The molecular formula is C19H22ClN3O2S. The van der Waals surface area contributed by atoms with Crippen molar-refractivity contribution in [3.05, 3.63) is 60.3 Å².